The van der Waals surface area contributed by atoms with Crippen molar-refractivity contribution in [3.05, 3.63) is 35.9 Å². The number of carboxylic acids is 1. The number of amides is 1. The standard InChI is InChI=1S/C18H26N2O4/c1-14(15-7-3-2-4-8-15)24-12-6-10-19-17(21)13-20-11-5-9-16(20)18(22)23/h2-4,7-8,14,16H,5-6,9-13H2,1H3,(H,19,21)(H,22,23)/t14?,16-/m0/s1. The largest absolute Gasteiger partial charge is 0.480 e. The molecule has 6 heteroatoms. The highest BCUT2D eigenvalue weighted by Crippen LogP contribution is 2.17. The van der Waals surface area contributed by atoms with Crippen molar-refractivity contribution in [1.29, 1.82) is 0 Å². The lowest BCUT2D eigenvalue weighted by Crippen LogP contribution is -2.43. The van der Waals surface area contributed by atoms with Gasteiger partial charge < -0.3 is 15.2 Å². The monoisotopic (exact) mass is 334 g/mol. The van der Waals surface area contributed by atoms with Crippen molar-refractivity contribution in [1.82, 2.24) is 10.2 Å². The maximum absolute atomic E-state index is 11.9. The molecule has 1 fully saturated rings. The molecule has 0 bridgehead atoms. The predicted molar refractivity (Wildman–Crippen MR) is 90.7 cm³/mol. The molecule has 1 amide bonds. The molecule has 1 saturated heterocycles. The summed E-state index contributed by atoms with van der Waals surface area (Å²) in [5.74, 6) is -0.970. The second-order valence-corrected chi connectivity index (χ2v) is 6.09. The molecule has 132 valence electrons. The van der Waals surface area contributed by atoms with Crippen molar-refractivity contribution in [2.45, 2.75) is 38.3 Å². The number of carbonyl (C=O) groups excluding carboxylic acids is 1. The lowest BCUT2D eigenvalue weighted by molar-refractivity contribution is -0.142. The SMILES string of the molecule is CC(OCCCNC(=O)CN1CCC[C@H]1C(=O)O)c1ccccc1. The van der Waals surface area contributed by atoms with E-state index in [0.29, 0.717) is 26.1 Å². The number of nitrogens with zero attached hydrogens (tertiary/aromatic N) is 1. The normalized spacial score (nSPS) is 19.1. The van der Waals surface area contributed by atoms with Crippen molar-refractivity contribution in [3.63, 3.8) is 0 Å². The molecule has 0 aliphatic carbocycles. The summed E-state index contributed by atoms with van der Waals surface area (Å²) in [5.41, 5.74) is 1.13. The maximum atomic E-state index is 11.9. The number of nitrogens with one attached hydrogen (secondary N) is 1. The molecule has 24 heavy (non-hydrogen) atoms. The van der Waals surface area contributed by atoms with Crippen molar-refractivity contribution in [2.24, 2.45) is 0 Å². The number of aliphatic carboxylic acids is 1. The van der Waals surface area contributed by atoms with E-state index in [0.717, 1.165) is 18.4 Å². The number of carbonyl (C=O) groups is 2. The van der Waals surface area contributed by atoms with E-state index in [-0.39, 0.29) is 18.6 Å². The van der Waals surface area contributed by atoms with E-state index in [9.17, 15) is 9.59 Å². The highest BCUT2D eigenvalue weighted by atomic mass is 16.5. The number of rotatable bonds is 9. The molecule has 2 rings (SSSR count). The van der Waals surface area contributed by atoms with Gasteiger partial charge in [0.05, 0.1) is 12.6 Å². The second kappa shape index (κ2) is 9.39. The van der Waals surface area contributed by atoms with Crippen LogP contribution in [-0.2, 0) is 14.3 Å². The Hall–Kier alpha value is -1.92. The highest BCUT2D eigenvalue weighted by molar-refractivity contribution is 5.80. The van der Waals surface area contributed by atoms with Gasteiger partial charge in [0.2, 0.25) is 5.91 Å². The zero-order valence-electron chi connectivity index (χ0n) is 14.1. The van der Waals surface area contributed by atoms with Crippen LogP contribution >= 0.6 is 0 Å². The van der Waals surface area contributed by atoms with E-state index < -0.39 is 12.0 Å². The van der Waals surface area contributed by atoms with Crippen LogP contribution in [0.5, 0.6) is 0 Å². The first-order valence-corrected chi connectivity index (χ1v) is 8.48. The van der Waals surface area contributed by atoms with Gasteiger partial charge in [0.1, 0.15) is 6.04 Å². The topological polar surface area (TPSA) is 78.9 Å². The molecule has 0 aromatic heterocycles. The molecule has 0 radical (unpaired) electrons. The molecular weight excluding hydrogens is 308 g/mol. The average molecular weight is 334 g/mol. The summed E-state index contributed by atoms with van der Waals surface area (Å²) >= 11 is 0. The third kappa shape index (κ3) is 5.62. The van der Waals surface area contributed by atoms with Gasteiger partial charge in [-0.1, -0.05) is 30.3 Å². The smallest absolute Gasteiger partial charge is 0.320 e. The molecular formula is C18H26N2O4. The lowest BCUT2D eigenvalue weighted by atomic mass is 10.1. The molecule has 1 aliphatic heterocycles. The number of hydrogen-bond acceptors (Lipinski definition) is 4. The molecule has 1 unspecified atom stereocenters. The van der Waals surface area contributed by atoms with Gasteiger partial charge >= 0.3 is 5.97 Å². The Morgan fingerprint density at radius 2 is 2.12 bits per heavy atom. The summed E-state index contributed by atoms with van der Waals surface area (Å²) in [6.07, 6.45) is 2.21. The van der Waals surface area contributed by atoms with Crippen LogP contribution < -0.4 is 5.32 Å². The maximum Gasteiger partial charge on any atom is 0.320 e. The Morgan fingerprint density at radius 3 is 2.83 bits per heavy atom. The first-order valence-electron chi connectivity index (χ1n) is 8.48. The zero-order chi connectivity index (χ0) is 17.4. The van der Waals surface area contributed by atoms with Gasteiger partial charge in [-0.2, -0.15) is 0 Å². The van der Waals surface area contributed by atoms with E-state index in [1.54, 1.807) is 4.90 Å². The van der Waals surface area contributed by atoms with E-state index in [4.69, 9.17) is 9.84 Å². The van der Waals surface area contributed by atoms with Crippen molar-refractivity contribution >= 4 is 11.9 Å². The Kier molecular flexibility index (Phi) is 7.21. The van der Waals surface area contributed by atoms with Crippen LogP contribution in [0.4, 0.5) is 0 Å². The van der Waals surface area contributed by atoms with Crippen LogP contribution in [0.1, 0.15) is 37.9 Å². The van der Waals surface area contributed by atoms with Gasteiger partial charge in [-0.15, -0.1) is 0 Å². The molecule has 0 spiro atoms. The third-order valence-corrected chi connectivity index (χ3v) is 4.28. The summed E-state index contributed by atoms with van der Waals surface area (Å²) in [7, 11) is 0. The number of benzene rings is 1. The number of carboxylic acid groups (broad SMARTS) is 1. The Morgan fingerprint density at radius 1 is 1.38 bits per heavy atom. The van der Waals surface area contributed by atoms with Crippen LogP contribution in [0.3, 0.4) is 0 Å². The number of hydrogen-bond donors (Lipinski definition) is 2. The van der Waals surface area contributed by atoms with Gasteiger partial charge in [0.25, 0.3) is 0 Å². The lowest BCUT2D eigenvalue weighted by Gasteiger charge is -2.20. The molecule has 1 aromatic rings. The van der Waals surface area contributed by atoms with Gasteiger partial charge in [0.15, 0.2) is 0 Å². The summed E-state index contributed by atoms with van der Waals surface area (Å²) in [6, 6.07) is 9.48. The van der Waals surface area contributed by atoms with Crippen LogP contribution in [0.2, 0.25) is 0 Å². The summed E-state index contributed by atoms with van der Waals surface area (Å²) in [6.45, 7) is 3.93. The van der Waals surface area contributed by atoms with Gasteiger partial charge in [-0.25, -0.2) is 0 Å². The Bertz CT molecular complexity index is 535. The first-order chi connectivity index (χ1) is 11.6. The average Bonchev–Trinajstić information content (AvgIpc) is 3.03. The van der Waals surface area contributed by atoms with Crippen LogP contribution in [0.25, 0.3) is 0 Å². The molecule has 6 nitrogen and oxygen atoms in total. The van der Waals surface area contributed by atoms with E-state index in [1.807, 2.05) is 37.3 Å². The van der Waals surface area contributed by atoms with E-state index >= 15 is 0 Å². The third-order valence-electron chi connectivity index (χ3n) is 4.28. The molecule has 1 aromatic carbocycles. The number of likely N-dealkylation sites (tertiary alicyclic amines) is 1. The minimum atomic E-state index is -0.844. The molecule has 1 aliphatic rings. The van der Waals surface area contributed by atoms with Gasteiger partial charge in [-0.3, -0.25) is 14.5 Å². The fourth-order valence-electron chi connectivity index (χ4n) is 2.92. The van der Waals surface area contributed by atoms with Crippen LogP contribution in [0, 0.1) is 0 Å². The predicted octanol–water partition coefficient (Wildman–Crippen LogP) is 1.82. The minimum Gasteiger partial charge on any atom is -0.480 e. The van der Waals surface area contributed by atoms with E-state index in [1.165, 1.54) is 0 Å². The van der Waals surface area contributed by atoms with Crippen LogP contribution in [0.15, 0.2) is 30.3 Å². The fourth-order valence-corrected chi connectivity index (χ4v) is 2.92. The molecule has 1 heterocycles. The Labute approximate surface area is 142 Å². The minimum absolute atomic E-state index is 0.0304. The fraction of sp³-hybridized carbons (Fsp3) is 0.556. The first kappa shape index (κ1) is 18.4. The summed E-state index contributed by atoms with van der Waals surface area (Å²) in [5, 5.41) is 11.9. The van der Waals surface area contributed by atoms with Gasteiger partial charge in [-0.05, 0) is 38.3 Å². The summed E-state index contributed by atoms with van der Waals surface area (Å²) in [4.78, 5) is 24.7. The van der Waals surface area contributed by atoms with Crippen molar-refractivity contribution in [3.8, 4) is 0 Å². The van der Waals surface area contributed by atoms with Crippen molar-refractivity contribution in [2.75, 3.05) is 26.2 Å². The van der Waals surface area contributed by atoms with Crippen molar-refractivity contribution < 1.29 is 19.4 Å². The summed E-state index contributed by atoms with van der Waals surface area (Å²) < 4.78 is 5.75. The van der Waals surface area contributed by atoms with Crippen LogP contribution in [-0.4, -0.2) is 54.2 Å². The van der Waals surface area contributed by atoms with Gasteiger partial charge in [0, 0.05) is 13.2 Å². The molecule has 2 N–H and O–H groups in total. The zero-order valence-corrected chi connectivity index (χ0v) is 14.1. The quantitative estimate of drug-likeness (QED) is 0.674. The Balaban J connectivity index is 1.59. The molecule has 2 atom stereocenters. The highest BCUT2D eigenvalue weighted by Gasteiger charge is 2.31. The number of ether oxygens (including phenoxy) is 1. The van der Waals surface area contributed by atoms with E-state index in [2.05, 4.69) is 5.32 Å². The molecule has 0 saturated carbocycles. The second-order valence-electron chi connectivity index (χ2n) is 6.09.